The van der Waals surface area contributed by atoms with Crippen LogP contribution >= 0.6 is 0 Å². The van der Waals surface area contributed by atoms with Gasteiger partial charge in [0.1, 0.15) is 0 Å². The number of allylic oxidation sites excluding steroid dienone is 3. The Morgan fingerprint density at radius 2 is 1.90 bits per heavy atom. The molecule has 3 rings (SSSR count). The first-order valence-corrected chi connectivity index (χ1v) is 12.3. The van der Waals surface area contributed by atoms with Crippen LogP contribution in [0.5, 0.6) is 0 Å². The van der Waals surface area contributed by atoms with Crippen molar-refractivity contribution in [3.63, 3.8) is 0 Å². The number of fused-ring (bicyclic) bond motifs is 1. The molecule has 4 N–H and O–H groups in total. The van der Waals surface area contributed by atoms with E-state index in [2.05, 4.69) is 32.6 Å². The van der Waals surface area contributed by atoms with Crippen molar-refractivity contribution in [1.82, 2.24) is 0 Å². The summed E-state index contributed by atoms with van der Waals surface area (Å²) in [6.07, 6.45) is 11.1. The van der Waals surface area contributed by atoms with Gasteiger partial charge in [0, 0.05) is 6.42 Å². The predicted molar refractivity (Wildman–Crippen MR) is 125 cm³/mol. The van der Waals surface area contributed by atoms with E-state index in [4.69, 9.17) is 0 Å². The third-order valence-electron chi connectivity index (χ3n) is 8.70. The van der Waals surface area contributed by atoms with Crippen LogP contribution in [0.4, 0.5) is 0 Å². The summed E-state index contributed by atoms with van der Waals surface area (Å²) < 4.78 is 0. The lowest BCUT2D eigenvalue weighted by atomic mass is 9.60. The van der Waals surface area contributed by atoms with Crippen molar-refractivity contribution >= 4 is 0 Å². The molecule has 0 radical (unpaired) electrons. The van der Waals surface area contributed by atoms with Crippen LogP contribution in [0.3, 0.4) is 0 Å². The molecule has 4 unspecified atom stereocenters. The molecular weight excluding hydrogens is 388 g/mol. The summed E-state index contributed by atoms with van der Waals surface area (Å²) in [5, 5.41) is 40.5. The molecule has 0 aromatic rings. The Kier molecular flexibility index (Phi) is 7.57. The number of hydrogen-bond acceptors (Lipinski definition) is 4. The summed E-state index contributed by atoms with van der Waals surface area (Å²) in [5.74, 6) is 1.74. The standard InChI is InChI=1S/C27H44O4/c1-17(8-13-25(30)26(3,4)31)22-11-12-23-19(7-6-14-27(22,23)5)9-10-20-15-21(28)16-24(29)18(20)2/h9-10,17,21-25,28-31H,2,6-8,11-16H2,1,3-5H3/b19-9+,20-10-/t17-,21-,22?,23?,24?,25+,27?/m0/s1. The van der Waals surface area contributed by atoms with Gasteiger partial charge in [0.05, 0.1) is 23.9 Å². The Morgan fingerprint density at radius 1 is 1.19 bits per heavy atom. The molecule has 0 aliphatic heterocycles. The molecule has 0 saturated heterocycles. The zero-order valence-corrected chi connectivity index (χ0v) is 20.0. The first-order valence-electron chi connectivity index (χ1n) is 12.3. The van der Waals surface area contributed by atoms with Gasteiger partial charge in [-0.25, -0.2) is 0 Å². The summed E-state index contributed by atoms with van der Waals surface area (Å²) in [7, 11) is 0. The first-order chi connectivity index (χ1) is 14.4. The molecule has 4 heteroatoms. The van der Waals surface area contributed by atoms with Gasteiger partial charge >= 0.3 is 0 Å². The largest absolute Gasteiger partial charge is 0.393 e. The molecular formula is C27H44O4. The molecule has 0 aromatic carbocycles. The third-order valence-corrected chi connectivity index (χ3v) is 8.70. The van der Waals surface area contributed by atoms with E-state index >= 15 is 0 Å². The van der Waals surface area contributed by atoms with Crippen molar-refractivity contribution in [3.8, 4) is 0 Å². The first kappa shape index (κ1) is 24.7. The van der Waals surface area contributed by atoms with E-state index in [1.54, 1.807) is 13.8 Å². The minimum Gasteiger partial charge on any atom is -0.393 e. The van der Waals surface area contributed by atoms with E-state index < -0.39 is 23.9 Å². The van der Waals surface area contributed by atoms with Crippen LogP contribution in [0.2, 0.25) is 0 Å². The van der Waals surface area contributed by atoms with Crippen molar-refractivity contribution in [2.45, 2.75) is 109 Å². The molecule has 0 heterocycles. The van der Waals surface area contributed by atoms with Gasteiger partial charge in [-0.1, -0.05) is 38.2 Å². The smallest absolute Gasteiger partial charge is 0.0849 e. The van der Waals surface area contributed by atoms with Crippen LogP contribution in [-0.4, -0.2) is 44.3 Å². The van der Waals surface area contributed by atoms with Gasteiger partial charge in [-0.15, -0.1) is 0 Å². The van der Waals surface area contributed by atoms with Gasteiger partial charge in [0.25, 0.3) is 0 Å². The zero-order chi connectivity index (χ0) is 23.0. The lowest BCUT2D eigenvalue weighted by Crippen LogP contribution is -2.38. The molecule has 3 saturated carbocycles. The Bertz CT molecular complexity index is 715. The molecule has 4 nitrogen and oxygen atoms in total. The van der Waals surface area contributed by atoms with Crippen LogP contribution in [0.25, 0.3) is 0 Å². The molecule has 3 fully saturated rings. The van der Waals surface area contributed by atoms with Crippen LogP contribution < -0.4 is 0 Å². The number of rotatable bonds is 6. The van der Waals surface area contributed by atoms with E-state index in [9.17, 15) is 20.4 Å². The second-order valence-electron chi connectivity index (χ2n) is 11.4. The van der Waals surface area contributed by atoms with E-state index in [1.165, 1.54) is 31.3 Å². The lowest BCUT2D eigenvalue weighted by molar-refractivity contribution is -0.0554. The van der Waals surface area contributed by atoms with Gasteiger partial charge < -0.3 is 20.4 Å². The maximum absolute atomic E-state index is 10.3. The SMILES string of the molecule is C=C1/C(=C\C=C2/CCCC3(C)C2CCC3[C@@H](C)CC[C@@H](O)C(C)(C)O)C[C@H](O)CC1O. The molecule has 0 bridgehead atoms. The monoisotopic (exact) mass is 432 g/mol. The average molecular weight is 433 g/mol. The molecule has 0 spiro atoms. The number of aliphatic hydroxyl groups is 4. The lowest BCUT2D eigenvalue weighted by Gasteiger charge is -2.44. The molecule has 0 aromatic heterocycles. The van der Waals surface area contributed by atoms with Crippen molar-refractivity contribution in [2.75, 3.05) is 0 Å². The zero-order valence-electron chi connectivity index (χ0n) is 20.0. The van der Waals surface area contributed by atoms with Crippen LogP contribution in [-0.2, 0) is 0 Å². The summed E-state index contributed by atoms with van der Waals surface area (Å²) in [5.41, 5.74) is 2.48. The second-order valence-corrected chi connectivity index (χ2v) is 11.4. The molecule has 0 amide bonds. The molecule has 3 aliphatic rings. The molecule has 176 valence electrons. The van der Waals surface area contributed by atoms with Gasteiger partial charge in [0.15, 0.2) is 0 Å². The highest BCUT2D eigenvalue weighted by Crippen LogP contribution is 2.60. The number of aliphatic hydroxyl groups excluding tert-OH is 3. The van der Waals surface area contributed by atoms with E-state index in [0.717, 1.165) is 24.0 Å². The highest BCUT2D eigenvalue weighted by atomic mass is 16.3. The van der Waals surface area contributed by atoms with E-state index in [0.29, 0.717) is 37.0 Å². The van der Waals surface area contributed by atoms with E-state index in [1.807, 2.05) is 0 Å². The second kappa shape index (κ2) is 9.51. The quantitative estimate of drug-likeness (QED) is 0.491. The third kappa shape index (κ3) is 5.35. The Hall–Kier alpha value is -0.940. The summed E-state index contributed by atoms with van der Waals surface area (Å²) in [4.78, 5) is 0. The Balaban J connectivity index is 1.71. The maximum Gasteiger partial charge on any atom is 0.0849 e. The summed E-state index contributed by atoms with van der Waals surface area (Å²) in [6.45, 7) is 12.2. The summed E-state index contributed by atoms with van der Waals surface area (Å²) >= 11 is 0. The fourth-order valence-electron chi connectivity index (χ4n) is 6.65. The number of hydrogen-bond donors (Lipinski definition) is 4. The van der Waals surface area contributed by atoms with Crippen molar-refractivity contribution in [3.05, 3.63) is 35.5 Å². The summed E-state index contributed by atoms with van der Waals surface area (Å²) in [6, 6.07) is 0. The predicted octanol–water partition coefficient (Wildman–Crippen LogP) is 4.68. The molecule has 31 heavy (non-hydrogen) atoms. The van der Waals surface area contributed by atoms with Crippen molar-refractivity contribution in [1.29, 1.82) is 0 Å². The van der Waals surface area contributed by atoms with Crippen LogP contribution in [0, 0.1) is 23.2 Å². The minimum atomic E-state index is -1.04. The van der Waals surface area contributed by atoms with Crippen LogP contribution in [0.1, 0.15) is 85.5 Å². The van der Waals surface area contributed by atoms with E-state index in [-0.39, 0.29) is 5.41 Å². The molecule has 3 aliphatic carbocycles. The van der Waals surface area contributed by atoms with Gasteiger partial charge in [-0.2, -0.15) is 0 Å². The minimum absolute atomic E-state index is 0.282. The highest BCUT2D eigenvalue weighted by Gasteiger charge is 2.50. The van der Waals surface area contributed by atoms with Crippen LogP contribution in [0.15, 0.2) is 35.5 Å². The topological polar surface area (TPSA) is 80.9 Å². The fourth-order valence-corrected chi connectivity index (χ4v) is 6.65. The Labute approximate surface area is 188 Å². The maximum atomic E-state index is 10.3. The van der Waals surface area contributed by atoms with Gasteiger partial charge in [-0.3, -0.25) is 0 Å². The van der Waals surface area contributed by atoms with Gasteiger partial charge in [0.2, 0.25) is 0 Å². The van der Waals surface area contributed by atoms with Crippen molar-refractivity contribution < 1.29 is 20.4 Å². The average Bonchev–Trinajstić information content (AvgIpc) is 3.04. The molecule has 7 atom stereocenters. The van der Waals surface area contributed by atoms with Gasteiger partial charge in [-0.05, 0) is 99.5 Å². The fraction of sp³-hybridized carbons (Fsp3) is 0.778. The normalized spacial score (nSPS) is 39.0. The Morgan fingerprint density at radius 3 is 2.58 bits per heavy atom. The van der Waals surface area contributed by atoms with Crippen molar-refractivity contribution in [2.24, 2.45) is 23.2 Å². The highest BCUT2D eigenvalue weighted by molar-refractivity contribution is 5.38.